The third-order valence-electron chi connectivity index (χ3n) is 3.88. The number of carboxylic acid groups (broad SMARTS) is 1. The Hall–Kier alpha value is -0.750. The first-order chi connectivity index (χ1) is 9.15. The monoisotopic (exact) mass is 286 g/mol. The topological polar surface area (TPSA) is 78.4 Å². The van der Waals surface area contributed by atoms with E-state index in [-0.39, 0.29) is 17.9 Å². The lowest BCUT2D eigenvalue weighted by atomic mass is 10.1. The van der Waals surface area contributed by atoms with Crippen LogP contribution >= 0.6 is 11.8 Å². The second-order valence-electron chi connectivity index (χ2n) is 5.37. The summed E-state index contributed by atoms with van der Waals surface area (Å²) in [4.78, 5) is 22.7. The summed E-state index contributed by atoms with van der Waals surface area (Å²) in [7, 11) is 0. The second-order valence-corrected chi connectivity index (χ2v) is 6.66. The van der Waals surface area contributed by atoms with Crippen molar-refractivity contribution in [2.24, 2.45) is 5.92 Å². The van der Waals surface area contributed by atoms with E-state index in [2.05, 4.69) is 10.6 Å². The van der Waals surface area contributed by atoms with Crippen molar-refractivity contribution in [3.8, 4) is 0 Å². The molecule has 0 aromatic carbocycles. The van der Waals surface area contributed by atoms with E-state index >= 15 is 0 Å². The number of aliphatic carboxylic acids is 1. The maximum Gasteiger partial charge on any atom is 0.306 e. The molecule has 2 aliphatic rings. The first kappa shape index (κ1) is 14.7. The van der Waals surface area contributed by atoms with Crippen molar-refractivity contribution in [3.63, 3.8) is 0 Å². The lowest BCUT2D eigenvalue weighted by Gasteiger charge is -2.22. The molecule has 1 amide bonds. The zero-order valence-corrected chi connectivity index (χ0v) is 11.9. The van der Waals surface area contributed by atoms with Crippen molar-refractivity contribution < 1.29 is 14.7 Å². The molecular formula is C13H22N2O3S. The second kappa shape index (κ2) is 7.14. The summed E-state index contributed by atoms with van der Waals surface area (Å²) in [5, 5.41) is 15.8. The molecule has 0 aromatic rings. The van der Waals surface area contributed by atoms with E-state index in [1.165, 1.54) is 0 Å². The van der Waals surface area contributed by atoms with Gasteiger partial charge in [0.25, 0.3) is 0 Å². The van der Waals surface area contributed by atoms with Gasteiger partial charge in [-0.1, -0.05) is 0 Å². The van der Waals surface area contributed by atoms with Crippen LogP contribution < -0.4 is 10.6 Å². The van der Waals surface area contributed by atoms with Crippen LogP contribution in [0.3, 0.4) is 0 Å². The molecule has 5 nitrogen and oxygen atoms in total. The molecule has 0 bridgehead atoms. The SMILES string of the molecule is O=C(CSC1CCNCC1)NC1CCC(C(=O)O)C1. The van der Waals surface area contributed by atoms with Gasteiger partial charge in [-0.2, -0.15) is 0 Å². The van der Waals surface area contributed by atoms with Crippen LogP contribution in [0.15, 0.2) is 0 Å². The molecule has 0 aromatic heterocycles. The Balaban J connectivity index is 1.63. The van der Waals surface area contributed by atoms with Gasteiger partial charge in [-0.05, 0) is 45.2 Å². The standard InChI is InChI=1S/C13H22N2O3S/c16-12(8-19-11-3-5-14-6-4-11)15-10-2-1-9(7-10)13(17)18/h9-11,14H,1-8H2,(H,15,16)(H,17,18). The summed E-state index contributed by atoms with van der Waals surface area (Å²) in [6, 6.07) is 0.0576. The minimum Gasteiger partial charge on any atom is -0.481 e. The molecule has 0 spiro atoms. The van der Waals surface area contributed by atoms with Gasteiger partial charge in [-0.15, -0.1) is 11.8 Å². The van der Waals surface area contributed by atoms with E-state index in [1.807, 2.05) is 0 Å². The molecule has 108 valence electrons. The maximum atomic E-state index is 11.8. The van der Waals surface area contributed by atoms with Crippen LogP contribution in [-0.2, 0) is 9.59 Å². The highest BCUT2D eigenvalue weighted by atomic mass is 32.2. The summed E-state index contributed by atoms with van der Waals surface area (Å²) in [5.74, 6) is -0.457. The molecule has 3 N–H and O–H groups in total. The Morgan fingerprint density at radius 2 is 1.95 bits per heavy atom. The maximum absolute atomic E-state index is 11.8. The zero-order chi connectivity index (χ0) is 13.7. The fourth-order valence-corrected chi connectivity index (χ4v) is 3.80. The van der Waals surface area contributed by atoms with Crippen molar-refractivity contribution in [1.82, 2.24) is 10.6 Å². The van der Waals surface area contributed by atoms with E-state index < -0.39 is 5.97 Å². The van der Waals surface area contributed by atoms with Crippen LogP contribution in [0.4, 0.5) is 0 Å². The van der Waals surface area contributed by atoms with Crippen LogP contribution in [0, 0.1) is 5.92 Å². The molecule has 2 atom stereocenters. The molecule has 1 saturated carbocycles. The quantitative estimate of drug-likeness (QED) is 0.698. The molecule has 1 aliphatic heterocycles. The number of hydrogen-bond donors (Lipinski definition) is 3. The number of piperidine rings is 1. The van der Waals surface area contributed by atoms with Crippen molar-refractivity contribution in [2.75, 3.05) is 18.8 Å². The van der Waals surface area contributed by atoms with Gasteiger partial charge in [0, 0.05) is 11.3 Å². The smallest absolute Gasteiger partial charge is 0.306 e. The van der Waals surface area contributed by atoms with E-state index in [0.29, 0.717) is 23.8 Å². The van der Waals surface area contributed by atoms with Gasteiger partial charge in [0.05, 0.1) is 11.7 Å². The van der Waals surface area contributed by atoms with E-state index in [4.69, 9.17) is 5.11 Å². The van der Waals surface area contributed by atoms with E-state index in [0.717, 1.165) is 32.4 Å². The Morgan fingerprint density at radius 3 is 2.58 bits per heavy atom. The number of carboxylic acids is 1. The molecule has 19 heavy (non-hydrogen) atoms. The van der Waals surface area contributed by atoms with Crippen LogP contribution in [0.1, 0.15) is 32.1 Å². The van der Waals surface area contributed by atoms with Crippen molar-refractivity contribution in [2.45, 2.75) is 43.4 Å². The highest BCUT2D eigenvalue weighted by Gasteiger charge is 2.30. The Bertz CT molecular complexity index is 332. The van der Waals surface area contributed by atoms with Gasteiger partial charge in [0.2, 0.25) is 5.91 Å². The molecule has 1 saturated heterocycles. The Kier molecular flexibility index (Phi) is 5.51. The van der Waals surface area contributed by atoms with Crippen LogP contribution in [0.25, 0.3) is 0 Å². The average molecular weight is 286 g/mol. The third-order valence-corrected chi connectivity index (χ3v) is 5.25. The molecular weight excluding hydrogens is 264 g/mol. The minimum atomic E-state index is -0.735. The normalized spacial score (nSPS) is 28.2. The third kappa shape index (κ3) is 4.69. The molecule has 1 heterocycles. The number of thioether (sulfide) groups is 1. The zero-order valence-electron chi connectivity index (χ0n) is 11.1. The van der Waals surface area contributed by atoms with Crippen LogP contribution in [0.2, 0.25) is 0 Å². The first-order valence-corrected chi connectivity index (χ1v) is 8.04. The molecule has 2 unspecified atom stereocenters. The number of rotatable bonds is 5. The number of carbonyl (C=O) groups is 2. The molecule has 6 heteroatoms. The van der Waals surface area contributed by atoms with Gasteiger partial charge in [0.1, 0.15) is 0 Å². The highest BCUT2D eigenvalue weighted by molar-refractivity contribution is 8.00. The number of hydrogen-bond acceptors (Lipinski definition) is 4. The Labute approximate surface area is 117 Å². The van der Waals surface area contributed by atoms with Crippen LogP contribution in [0.5, 0.6) is 0 Å². The van der Waals surface area contributed by atoms with Crippen LogP contribution in [-0.4, -0.2) is 47.1 Å². The lowest BCUT2D eigenvalue weighted by molar-refractivity contribution is -0.141. The van der Waals surface area contributed by atoms with Crippen molar-refractivity contribution in [3.05, 3.63) is 0 Å². The molecule has 2 fully saturated rings. The van der Waals surface area contributed by atoms with Gasteiger partial charge in [-0.25, -0.2) is 0 Å². The summed E-state index contributed by atoms with van der Waals surface area (Å²) in [5.41, 5.74) is 0. The van der Waals surface area contributed by atoms with E-state index in [1.54, 1.807) is 11.8 Å². The molecule has 2 rings (SSSR count). The van der Waals surface area contributed by atoms with Gasteiger partial charge < -0.3 is 15.7 Å². The van der Waals surface area contributed by atoms with Gasteiger partial charge in [-0.3, -0.25) is 9.59 Å². The fraction of sp³-hybridized carbons (Fsp3) is 0.846. The highest BCUT2D eigenvalue weighted by Crippen LogP contribution is 2.26. The first-order valence-electron chi connectivity index (χ1n) is 6.99. The largest absolute Gasteiger partial charge is 0.481 e. The summed E-state index contributed by atoms with van der Waals surface area (Å²) < 4.78 is 0. The number of nitrogens with one attached hydrogen (secondary N) is 2. The number of carbonyl (C=O) groups excluding carboxylic acids is 1. The lowest BCUT2D eigenvalue weighted by Crippen LogP contribution is -2.36. The molecule has 1 aliphatic carbocycles. The minimum absolute atomic E-state index is 0.0552. The molecule has 0 radical (unpaired) electrons. The predicted molar refractivity (Wildman–Crippen MR) is 75.3 cm³/mol. The summed E-state index contributed by atoms with van der Waals surface area (Å²) in [6.07, 6.45) is 4.31. The van der Waals surface area contributed by atoms with E-state index in [9.17, 15) is 9.59 Å². The summed E-state index contributed by atoms with van der Waals surface area (Å²) in [6.45, 7) is 2.09. The van der Waals surface area contributed by atoms with Gasteiger partial charge >= 0.3 is 5.97 Å². The van der Waals surface area contributed by atoms with Gasteiger partial charge in [0.15, 0.2) is 0 Å². The number of amides is 1. The summed E-state index contributed by atoms with van der Waals surface area (Å²) >= 11 is 1.73. The van der Waals surface area contributed by atoms with Crippen molar-refractivity contribution >= 4 is 23.6 Å². The average Bonchev–Trinajstić information content (AvgIpc) is 2.86. The van der Waals surface area contributed by atoms with Crippen molar-refractivity contribution in [1.29, 1.82) is 0 Å². The predicted octanol–water partition coefficient (Wildman–Crippen LogP) is 0.841. The fourth-order valence-electron chi connectivity index (χ4n) is 2.76. The Morgan fingerprint density at radius 1 is 1.21 bits per heavy atom.